The fourth-order valence-corrected chi connectivity index (χ4v) is 2.87. The number of hydrogen-bond acceptors (Lipinski definition) is 4. The number of nitro groups is 1. The zero-order chi connectivity index (χ0) is 16.1. The van der Waals surface area contributed by atoms with Crippen LogP contribution in [-0.2, 0) is 4.79 Å². The molecule has 0 heterocycles. The van der Waals surface area contributed by atoms with E-state index in [9.17, 15) is 14.9 Å². The largest absolute Gasteiger partial charge is 0.482 e. The molecule has 1 amide bonds. The Kier molecular flexibility index (Phi) is 5.60. The summed E-state index contributed by atoms with van der Waals surface area (Å²) in [4.78, 5) is 22.0. The van der Waals surface area contributed by atoms with Gasteiger partial charge in [0.2, 0.25) is 0 Å². The molecule has 0 unspecified atom stereocenters. The van der Waals surface area contributed by atoms with E-state index in [4.69, 9.17) is 16.3 Å². The summed E-state index contributed by atoms with van der Waals surface area (Å²) in [6.07, 6.45) is 4.46. The lowest BCUT2D eigenvalue weighted by Gasteiger charge is -2.29. The summed E-state index contributed by atoms with van der Waals surface area (Å²) in [6, 6.07) is 4.09. The van der Waals surface area contributed by atoms with Crippen LogP contribution < -0.4 is 10.1 Å². The highest BCUT2D eigenvalue weighted by molar-refractivity contribution is 6.32. The van der Waals surface area contributed by atoms with Crippen molar-refractivity contribution in [3.8, 4) is 5.75 Å². The van der Waals surface area contributed by atoms with Crippen LogP contribution in [0.15, 0.2) is 18.2 Å². The molecule has 1 aliphatic rings. The second-order valence-electron chi connectivity index (χ2n) is 5.60. The van der Waals surface area contributed by atoms with E-state index in [0.717, 1.165) is 19.3 Å². The maximum atomic E-state index is 11.9. The Balaban J connectivity index is 1.87. The number of rotatable bonds is 5. The number of nitrogens with one attached hydrogen (secondary N) is 1. The van der Waals surface area contributed by atoms with Crippen molar-refractivity contribution in [2.24, 2.45) is 5.92 Å². The minimum absolute atomic E-state index is 0.113. The summed E-state index contributed by atoms with van der Waals surface area (Å²) in [5, 5.41) is 13.7. The summed E-state index contributed by atoms with van der Waals surface area (Å²) in [5.41, 5.74) is -0.113. The zero-order valence-electron chi connectivity index (χ0n) is 12.4. The molecule has 7 heteroatoms. The predicted octanol–water partition coefficient (Wildman–Crippen LogP) is 3.32. The van der Waals surface area contributed by atoms with Gasteiger partial charge in [0.1, 0.15) is 5.75 Å². The topological polar surface area (TPSA) is 81.5 Å². The van der Waals surface area contributed by atoms with Crippen LogP contribution in [0.2, 0.25) is 5.02 Å². The molecule has 0 spiro atoms. The fourth-order valence-electron chi connectivity index (χ4n) is 2.64. The van der Waals surface area contributed by atoms with Crippen molar-refractivity contribution in [1.82, 2.24) is 5.32 Å². The molecular formula is C15H19ClN2O4. The van der Waals surface area contributed by atoms with Crippen LogP contribution in [0, 0.1) is 16.0 Å². The number of non-ortho nitro benzene ring substituents is 1. The quantitative estimate of drug-likeness (QED) is 0.664. The Bertz CT molecular complexity index is 564. The van der Waals surface area contributed by atoms with Gasteiger partial charge < -0.3 is 10.1 Å². The van der Waals surface area contributed by atoms with Crippen LogP contribution in [0.25, 0.3) is 0 Å². The molecule has 2 rings (SSSR count). The number of ether oxygens (including phenoxy) is 1. The first-order valence-corrected chi connectivity index (χ1v) is 7.71. The van der Waals surface area contributed by atoms with Crippen LogP contribution in [0.4, 0.5) is 5.69 Å². The summed E-state index contributed by atoms with van der Waals surface area (Å²) < 4.78 is 5.34. The lowest BCUT2D eigenvalue weighted by molar-refractivity contribution is -0.384. The van der Waals surface area contributed by atoms with E-state index in [1.807, 2.05) is 0 Å². The average Bonchev–Trinajstić information content (AvgIpc) is 2.48. The summed E-state index contributed by atoms with van der Waals surface area (Å²) in [6.45, 7) is 1.99. The van der Waals surface area contributed by atoms with Gasteiger partial charge in [0.25, 0.3) is 11.6 Å². The van der Waals surface area contributed by atoms with Crippen LogP contribution in [0.1, 0.15) is 32.6 Å². The number of halogens is 1. The lowest BCUT2D eigenvalue weighted by atomic mass is 9.86. The van der Waals surface area contributed by atoms with Crippen molar-refractivity contribution < 1.29 is 14.5 Å². The standard InChI is InChI=1S/C15H19ClN2O4/c1-10-4-2-3-5-13(10)17-15(19)9-22-14-7-6-11(18(20)21)8-12(14)16/h6-8,10,13H,2-5,9H2,1H3,(H,17,19)/t10-,13+/m1/s1. The first kappa shape index (κ1) is 16.5. The first-order chi connectivity index (χ1) is 10.5. The van der Waals surface area contributed by atoms with E-state index in [-0.39, 0.29) is 35.0 Å². The molecule has 1 aliphatic carbocycles. The number of nitro benzene ring substituents is 1. The van der Waals surface area contributed by atoms with Gasteiger partial charge in [-0.2, -0.15) is 0 Å². The maximum Gasteiger partial charge on any atom is 0.271 e. The smallest absolute Gasteiger partial charge is 0.271 e. The highest BCUT2D eigenvalue weighted by atomic mass is 35.5. The van der Waals surface area contributed by atoms with Crippen LogP contribution in [-0.4, -0.2) is 23.5 Å². The van der Waals surface area contributed by atoms with E-state index in [0.29, 0.717) is 5.92 Å². The Labute approximate surface area is 133 Å². The molecule has 6 nitrogen and oxygen atoms in total. The molecule has 120 valence electrons. The van der Waals surface area contributed by atoms with Gasteiger partial charge >= 0.3 is 0 Å². The summed E-state index contributed by atoms with van der Waals surface area (Å²) in [5.74, 6) is 0.535. The van der Waals surface area contributed by atoms with Crippen LogP contribution in [0.3, 0.4) is 0 Å². The normalized spacial score (nSPS) is 21.2. The maximum absolute atomic E-state index is 11.9. The molecule has 0 saturated heterocycles. The minimum atomic E-state index is -0.535. The molecule has 1 aromatic rings. The van der Waals surface area contributed by atoms with E-state index in [1.54, 1.807) is 0 Å². The summed E-state index contributed by atoms with van der Waals surface area (Å²) in [7, 11) is 0. The van der Waals surface area contributed by atoms with E-state index in [2.05, 4.69) is 12.2 Å². The molecule has 22 heavy (non-hydrogen) atoms. The van der Waals surface area contributed by atoms with Gasteiger partial charge in [0.05, 0.1) is 9.95 Å². The van der Waals surface area contributed by atoms with Crippen molar-refractivity contribution in [1.29, 1.82) is 0 Å². The number of benzene rings is 1. The zero-order valence-corrected chi connectivity index (χ0v) is 13.1. The highest BCUT2D eigenvalue weighted by Gasteiger charge is 2.23. The Morgan fingerprint density at radius 2 is 2.18 bits per heavy atom. The predicted molar refractivity (Wildman–Crippen MR) is 83.2 cm³/mol. The van der Waals surface area contributed by atoms with Crippen LogP contribution >= 0.6 is 11.6 Å². The summed E-state index contributed by atoms with van der Waals surface area (Å²) >= 11 is 5.91. The third-order valence-corrected chi connectivity index (χ3v) is 4.24. The molecule has 1 saturated carbocycles. The average molecular weight is 327 g/mol. The van der Waals surface area contributed by atoms with Gasteiger partial charge in [-0.15, -0.1) is 0 Å². The van der Waals surface area contributed by atoms with E-state index >= 15 is 0 Å². The van der Waals surface area contributed by atoms with Crippen molar-refractivity contribution >= 4 is 23.2 Å². The minimum Gasteiger partial charge on any atom is -0.482 e. The van der Waals surface area contributed by atoms with E-state index < -0.39 is 4.92 Å². The highest BCUT2D eigenvalue weighted by Crippen LogP contribution is 2.28. The number of amides is 1. The number of hydrogen-bond donors (Lipinski definition) is 1. The molecule has 0 radical (unpaired) electrons. The molecule has 0 aliphatic heterocycles. The lowest BCUT2D eigenvalue weighted by Crippen LogP contribution is -2.43. The van der Waals surface area contributed by atoms with Gasteiger partial charge in [-0.05, 0) is 24.8 Å². The van der Waals surface area contributed by atoms with Gasteiger partial charge in [0.15, 0.2) is 6.61 Å². The van der Waals surface area contributed by atoms with Crippen LogP contribution in [0.5, 0.6) is 5.75 Å². The second kappa shape index (κ2) is 7.45. The molecule has 2 atom stereocenters. The van der Waals surface area contributed by atoms with Gasteiger partial charge in [-0.3, -0.25) is 14.9 Å². The van der Waals surface area contributed by atoms with Crippen molar-refractivity contribution in [3.05, 3.63) is 33.3 Å². The monoisotopic (exact) mass is 326 g/mol. The fraction of sp³-hybridized carbons (Fsp3) is 0.533. The van der Waals surface area contributed by atoms with Crippen molar-refractivity contribution in [3.63, 3.8) is 0 Å². The second-order valence-corrected chi connectivity index (χ2v) is 6.00. The molecule has 0 aromatic heterocycles. The third kappa shape index (κ3) is 4.34. The first-order valence-electron chi connectivity index (χ1n) is 7.33. The van der Waals surface area contributed by atoms with E-state index in [1.165, 1.54) is 24.6 Å². The molecule has 1 N–H and O–H groups in total. The Morgan fingerprint density at radius 1 is 1.45 bits per heavy atom. The molecule has 1 fully saturated rings. The number of carbonyl (C=O) groups is 1. The molecular weight excluding hydrogens is 308 g/mol. The van der Waals surface area contributed by atoms with Crippen molar-refractivity contribution in [2.75, 3.05) is 6.61 Å². The molecule has 0 bridgehead atoms. The number of carbonyl (C=O) groups excluding carboxylic acids is 1. The SMILES string of the molecule is C[C@@H]1CCCC[C@@H]1NC(=O)COc1ccc([N+](=O)[O-])cc1Cl. The van der Waals surface area contributed by atoms with Crippen molar-refractivity contribution in [2.45, 2.75) is 38.6 Å². The van der Waals surface area contributed by atoms with Gasteiger partial charge in [-0.25, -0.2) is 0 Å². The number of nitrogens with zero attached hydrogens (tertiary/aromatic N) is 1. The Hall–Kier alpha value is -1.82. The van der Waals surface area contributed by atoms with Gasteiger partial charge in [0, 0.05) is 18.2 Å². The third-order valence-electron chi connectivity index (χ3n) is 3.94. The Morgan fingerprint density at radius 3 is 2.82 bits per heavy atom. The molecule has 1 aromatic carbocycles. The van der Waals surface area contributed by atoms with Gasteiger partial charge in [-0.1, -0.05) is 31.4 Å².